The molecule has 5 nitrogen and oxygen atoms in total. The van der Waals surface area contributed by atoms with Gasteiger partial charge in [-0.05, 0) is 25.5 Å². The molecule has 0 saturated carbocycles. The molecule has 0 saturated heterocycles. The van der Waals surface area contributed by atoms with E-state index in [4.69, 9.17) is 14.2 Å². The average Bonchev–Trinajstić information content (AvgIpc) is 2.54. The number of hydrogen-bond donors (Lipinski definition) is 0. The van der Waals surface area contributed by atoms with Gasteiger partial charge in [0, 0.05) is 0 Å². The van der Waals surface area contributed by atoms with Gasteiger partial charge in [0.25, 0.3) is 0 Å². The van der Waals surface area contributed by atoms with E-state index in [0.717, 1.165) is 19.3 Å². The van der Waals surface area contributed by atoms with E-state index >= 15 is 0 Å². The molecule has 0 radical (unpaired) electrons. The van der Waals surface area contributed by atoms with Gasteiger partial charge in [-0.2, -0.15) is 0 Å². The van der Waals surface area contributed by atoms with Crippen molar-refractivity contribution in [2.45, 2.75) is 52.4 Å². The van der Waals surface area contributed by atoms with Crippen LogP contribution in [0.15, 0.2) is 24.3 Å². The molecule has 0 aliphatic rings. The summed E-state index contributed by atoms with van der Waals surface area (Å²) in [5, 5.41) is 0. The molecule has 1 rings (SSSR count). The minimum atomic E-state index is -0.796. The summed E-state index contributed by atoms with van der Waals surface area (Å²) in [7, 11) is 0. The van der Waals surface area contributed by atoms with E-state index < -0.39 is 12.1 Å². The van der Waals surface area contributed by atoms with Crippen LogP contribution >= 0.6 is 0 Å². The van der Waals surface area contributed by atoms with Gasteiger partial charge in [0.05, 0.1) is 13.2 Å². The first-order valence-corrected chi connectivity index (χ1v) is 8.29. The van der Waals surface area contributed by atoms with E-state index in [1.54, 1.807) is 25.1 Å². The Morgan fingerprint density at radius 1 is 0.913 bits per heavy atom. The molecule has 0 spiro atoms. The lowest BCUT2D eigenvalue weighted by Crippen LogP contribution is -2.14. The van der Waals surface area contributed by atoms with Gasteiger partial charge >= 0.3 is 12.1 Å². The van der Waals surface area contributed by atoms with Crippen LogP contribution < -0.4 is 4.74 Å². The van der Waals surface area contributed by atoms with Gasteiger partial charge in [-0.25, -0.2) is 9.59 Å². The van der Waals surface area contributed by atoms with E-state index in [0.29, 0.717) is 6.61 Å². The summed E-state index contributed by atoms with van der Waals surface area (Å²) in [6.45, 7) is 4.48. The Morgan fingerprint density at radius 2 is 1.61 bits per heavy atom. The second-order valence-electron chi connectivity index (χ2n) is 5.18. The normalized spacial score (nSPS) is 10.2. The predicted molar refractivity (Wildman–Crippen MR) is 87.8 cm³/mol. The molecule has 23 heavy (non-hydrogen) atoms. The Bertz CT molecular complexity index is 484. The molecular formula is C18H26O5. The van der Waals surface area contributed by atoms with Crippen molar-refractivity contribution in [3.63, 3.8) is 0 Å². The number of carbonyl (C=O) groups excluding carboxylic acids is 2. The van der Waals surface area contributed by atoms with Crippen molar-refractivity contribution in [3.8, 4) is 5.75 Å². The maximum absolute atomic E-state index is 11.8. The van der Waals surface area contributed by atoms with Crippen LogP contribution in [0.4, 0.5) is 4.79 Å². The highest BCUT2D eigenvalue weighted by Gasteiger charge is 2.16. The molecule has 0 heterocycles. The molecule has 1 aromatic rings. The summed E-state index contributed by atoms with van der Waals surface area (Å²) < 4.78 is 15.1. The molecule has 0 fully saturated rings. The molecule has 0 aliphatic heterocycles. The maximum atomic E-state index is 11.8. The number of esters is 1. The summed E-state index contributed by atoms with van der Waals surface area (Å²) in [5.41, 5.74) is 0.214. The standard InChI is InChI=1S/C18H26O5/c1-3-5-6-7-8-11-14-22-18(20)23-16-13-10-9-12-15(16)17(19)21-4-2/h9-10,12-13H,3-8,11,14H2,1-2H3. The van der Waals surface area contributed by atoms with Crippen LogP contribution in [0.2, 0.25) is 0 Å². The maximum Gasteiger partial charge on any atom is 0.513 e. The third kappa shape index (κ3) is 7.68. The zero-order chi connectivity index (χ0) is 16.9. The lowest BCUT2D eigenvalue weighted by molar-refractivity contribution is 0.0520. The van der Waals surface area contributed by atoms with Gasteiger partial charge in [-0.15, -0.1) is 0 Å². The fourth-order valence-corrected chi connectivity index (χ4v) is 2.09. The number of carbonyl (C=O) groups is 2. The number of unbranched alkanes of at least 4 members (excludes halogenated alkanes) is 5. The molecule has 128 valence electrons. The first-order chi connectivity index (χ1) is 11.2. The molecule has 0 N–H and O–H groups in total. The van der Waals surface area contributed by atoms with Crippen molar-refractivity contribution in [1.82, 2.24) is 0 Å². The average molecular weight is 322 g/mol. The van der Waals surface area contributed by atoms with Crippen LogP contribution in [0.3, 0.4) is 0 Å². The lowest BCUT2D eigenvalue weighted by atomic mass is 10.1. The highest BCUT2D eigenvalue weighted by atomic mass is 16.7. The zero-order valence-corrected chi connectivity index (χ0v) is 14.0. The van der Waals surface area contributed by atoms with Gasteiger partial charge in [0.1, 0.15) is 11.3 Å². The zero-order valence-electron chi connectivity index (χ0n) is 14.0. The molecule has 0 aromatic heterocycles. The molecule has 1 aromatic carbocycles. The number of hydrogen-bond acceptors (Lipinski definition) is 5. The summed E-state index contributed by atoms with van der Waals surface area (Å²) in [6.07, 6.45) is 5.88. The SMILES string of the molecule is CCCCCCCCOC(=O)Oc1ccccc1C(=O)OCC. The second kappa shape index (κ2) is 11.5. The van der Waals surface area contributed by atoms with Gasteiger partial charge < -0.3 is 14.2 Å². The summed E-state index contributed by atoms with van der Waals surface area (Å²) in [6, 6.07) is 6.45. The van der Waals surface area contributed by atoms with Gasteiger partial charge in [-0.3, -0.25) is 0 Å². The fourth-order valence-electron chi connectivity index (χ4n) is 2.09. The second-order valence-corrected chi connectivity index (χ2v) is 5.18. The van der Waals surface area contributed by atoms with Crippen LogP contribution in [-0.4, -0.2) is 25.3 Å². The van der Waals surface area contributed by atoms with Crippen LogP contribution in [0.5, 0.6) is 5.75 Å². The van der Waals surface area contributed by atoms with E-state index in [9.17, 15) is 9.59 Å². The predicted octanol–water partition coefficient (Wildman–Crippen LogP) is 4.74. The third-order valence-electron chi connectivity index (χ3n) is 3.29. The Hall–Kier alpha value is -2.04. The Morgan fingerprint density at radius 3 is 2.35 bits per heavy atom. The van der Waals surface area contributed by atoms with Crippen molar-refractivity contribution in [2.75, 3.05) is 13.2 Å². The minimum absolute atomic E-state index is 0.152. The number of benzene rings is 1. The van der Waals surface area contributed by atoms with Gasteiger partial charge in [0.15, 0.2) is 0 Å². The van der Waals surface area contributed by atoms with Crippen molar-refractivity contribution in [2.24, 2.45) is 0 Å². The van der Waals surface area contributed by atoms with Gasteiger partial charge in [-0.1, -0.05) is 51.2 Å². The van der Waals surface area contributed by atoms with E-state index in [-0.39, 0.29) is 17.9 Å². The molecule has 0 unspecified atom stereocenters. The van der Waals surface area contributed by atoms with Crippen LogP contribution in [0.1, 0.15) is 62.7 Å². The quantitative estimate of drug-likeness (QED) is 0.354. The van der Waals surface area contributed by atoms with Crippen LogP contribution in [0.25, 0.3) is 0 Å². The van der Waals surface area contributed by atoms with Gasteiger partial charge in [0.2, 0.25) is 0 Å². The molecule has 0 bridgehead atoms. The van der Waals surface area contributed by atoms with E-state index in [1.165, 1.54) is 25.3 Å². The van der Waals surface area contributed by atoms with Crippen molar-refractivity contribution < 1.29 is 23.8 Å². The monoisotopic (exact) mass is 322 g/mol. The number of ether oxygens (including phenoxy) is 3. The molecule has 0 atom stereocenters. The van der Waals surface area contributed by atoms with Crippen molar-refractivity contribution >= 4 is 12.1 Å². The van der Waals surface area contributed by atoms with Crippen molar-refractivity contribution in [1.29, 1.82) is 0 Å². The molecular weight excluding hydrogens is 296 g/mol. The molecule has 0 amide bonds. The van der Waals surface area contributed by atoms with E-state index in [2.05, 4.69) is 6.92 Å². The molecule has 0 aliphatic carbocycles. The summed E-state index contributed by atoms with van der Waals surface area (Å²) in [5.74, 6) is -0.370. The highest BCUT2D eigenvalue weighted by molar-refractivity contribution is 5.93. The largest absolute Gasteiger partial charge is 0.513 e. The summed E-state index contributed by atoms with van der Waals surface area (Å²) in [4.78, 5) is 23.5. The Labute approximate surface area is 137 Å². The summed E-state index contributed by atoms with van der Waals surface area (Å²) >= 11 is 0. The van der Waals surface area contributed by atoms with Crippen LogP contribution in [0, 0.1) is 0 Å². The van der Waals surface area contributed by atoms with E-state index in [1.807, 2.05) is 0 Å². The minimum Gasteiger partial charge on any atom is -0.462 e. The number of para-hydroxylation sites is 1. The topological polar surface area (TPSA) is 61.8 Å². The smallest absolute Gasteiger partial charge is 0.462 e. The Balaban J connectivity index is 2.35. The Kier molecular flexibility index (Phi) is 9.52. The fraction of sp³-hybridized carbons (Fsp3) is 0.556. The first-order valence-electron chi connectivity index (χ1n) is 8.29. The number of rotatable bonds is 10. The van der Waals surface area contributed by atoms with Crippen LogP contribution in [-0.2, 0) is 9.47 Å². The third-order valence-corrected chi connectivity index (χ3v) is 3.29. The molecule has 5 heteroatoms. The highest BCUT2D eigenvalue weighted by Crippen LogP contribution is 2.19. The lowest BCUT2D eigenvalue weighted by Gasteiger charge is -2.09. The first kappa shape index (κ1) is 19.0. The van der Waals surface area contributed by atoms with Crippen molar-refractivity contribution in [3.05, 3.63) is 29.8 Å².